The fourth-order valence-corrected chi connectivity index (χ4v) is 10.4. The zero-order valence-electron chi connectivity index (χ0n) is 28.3. The third-order valence-corrected chi connectivity index (χ3v) is 13.1. The Bertz CT molecular complexity index is 1310. The Kier molecular flexibility index (Phi) is 12.7. The Morgan fingerprint density at radius 2 is 1.91 bits per heavy atom. The molecule has 4 aliphatic rings. The van der Waals surface area contributed by atoms with E-state index in [0.29, 0.717) is 50.0 Å². The van der Waals surface area contributed by atoms with Crippen molar-refractivity contribution in [2.45, 2.75) is 120 Å². The van der Waals surface area contributed by atoms with Crippen LogP contribution in [0.25, 0.3) is 0 Å². The standard InChI is InChI=1S/C35H55ClN4O6S/c1-35(2)21-26(17-19-46-35)32(25-11-14-27(36)15-12-25)33(37-18-5-10-31(41)45-3)34(42)39-30-9-4-7-24(30)13-16-29-22-38-28-8-6-20-47(43,44)40(29)23-28/h11-12,14-15,24,26,28-30,32-33,37-38H,4-10,13,16-23H2,1-3H3,(H,39,42)/t24-,26?,28-,29+,30+,32+,33+/m1/s1. The lowest BCUT2D eigenvalue weighted by Gasteiger charge is -2.42. The smallest absolute Gasteiger partial charge is 0.305 e. The van der Waals surface area contributed by atoms with Crippen LogP contribution in [-0.4, -0.2) is 93.5 Å². The molecular formula is C35H55ClN4O6S. The van der Waals surface area contributed by atoms with Gasteiger partial charge in [-0.2, -0.15) is 4.31 Å². The molecule has 0 aromatic heterocycles. The van der Waals surface area contributed by atoms with E-state index in [0.717, 1.165) is 56.9 Å². The molecule has 2 bridgehead atoms. The van der Waals surface area contributed by atoms with Crippen molar-refractivity contribution < 1.29 is 27.5 Å². The number of carbonyl (C=O) groups is 2. The zero-order valence-corrected chi connectivity index (χ0v) is 29.9. The number of methoxy groups -OCH3 is 1. The van der Waals surface area contributed by atoms with E-state index < -0.39 is 16.1 Å². The van der Waals surface area contributed by atoms with Crippen LogP contribution in [0.5, 0.6) is 0 Å². The lowest BCUT2D eigenvalue weighted by Crippen LogP contribution is -2.57. The van der Waals surface area contributed by atoms with E-state index in [-0.39, 0.29) is 59.6 Å². The van der Waals surface area contributed by atoms with Crippen molar-refractivity contribution >= 4 is 33.5 Å². The maximum atomic E-state index is 14.5. The highest BCUT2D eigenvalue weighted by atomic mass is 35.5. The molecule has 1 amide bonds. The number of nitrogens with zero attached hydrogens (tertiary/aromatic N) is 1. The van der Waals surface area contributed by atoms with Crippen LogP contribution in [0.1, 0.15) is 96.0 Å². The molecule has 264 valence electrons. The monoisotopic (exact) mass is 694 g/mol. The van der Waals surface area contributed by atoms with Gasteiger partial charge in [-0.25, -0.2) is 8.42 Å². The fraction of sp³-hybridized carbons (Fsp3) is 0.771. The van der Waals surface area contributed by atoms with Crippen LogP contribution in [0, 0.1) is 11.8 Å². The SMILES string of the molecule is COC(=O)CCCN[C@H](C(=O)N[C@H]1CCC[C@@H]1CC[C@H]1CN[C@@H]2CCCS(=O)(=O)N1C2)[C@@H](c1ccc(Cl)cc1)C1CCOC(C)(C)C1. The molecule has 0 spiro atoms. The predicted octanol–water partition coefficient (Wildman–Crippen LogP) is 4.37. The molecule has 0 radical (unpaired) electrons. The Balaban J connectivity index is 1.32. The van der Waals surface area contributed by atoms with Crippen molar-refractivity contribution in [3.8, 4) is 0 Å². The second-order valence-corrected chi connectivity index (χ2v) is 17.2. The molecule has 1 saturated carbocycles. The van der Waals surface area contributed by atoms with Crippen LogP contribution in [0.15, 0.2) is 24.3 Å². The molecule has 3 heterocycles. The van der Waals surface area contributed by atoms with Crippen LogP contribution in [0.2, 0.25) is 5.02 Å². The molecule has 10 nitrogen and oxygen atoms in total. The minimum atomic E-state index is -3.24. The summed E-state index contributed by atoms with van der Waals surface area (Å²) in [6.45, 7) is 6.61. The molecule has 1 aliphatic carbocycles. The second-order valence-electron chi connectivity index (χ2n) is 14.7. The lowest BCUT2D eigenvalue weighted by molar-refractivity contribution is -0.140. The number of ether oxygens (including phenoxy) is 2. The summed E-state index contributed by atoms with van der Waals surface area (Å²) in [4.78, 5) is 26.3. The number of piperazine rings is 1. The van der Waals surface area contributed by atoms with Gasteiger partial charge >= 0.3 is 5.97 Å². The Morgan fingerprint density at radius 3 is 2.66 bits per heavy atom. The summed E-state index contributed by atoms with van der Waals surface area (Å²) >= 11 is 6.30. The highest BCUT2D eigenvalue weighted by molar-refractivity contribution is 7.89. The van der Waals surface area contributed by atoms with Gasteiger partial charge in [-0.15, -0.1) is 0 Å². The van der Waals surface area contributed by atoms with Gasteiger partial charge in [0.2, 0.25) is 15.9 Å². The van der Waals surface area contributed by atoms with E-state index in [1.54, 1.807) is 4.31 Å². The summed E-state index contributed by atoms with van der Waals surface area (Å²) in [7, 11) is -1.85. The second kappa shape index (κ2) is 16.3. The molecule has 2 unspecified atom stereocenters. The van der Waals surface area contributed by atoms with Crippen molar-refractivity contribution in [3.05, 3.63) is 34.9 Å². The third-order valence-electron chi connectivity index (χ3n) is 10.9. The summed E-state index contributed by atoms with van der Waals surface area (Å²) in [6.07, 6.45) is 8.74. The minimum Gasteiger partial charge on any atom is -0.469 e. The number of fused-ring (bicyclic) bond motifs is 2. The first-order valence-electron chi connectivity index (χ1n) is 17.7. The van der Waals surface area contributed by atoms with Crippen LogP contribution in [-0.2, 0) is 29.1 Å². The number of hydrogen-bond donors (Lipinski definition) is 3. The molecule has 47 heavy (non-hydrogen) atoms. The molecule has 8 atom stereocenters. The van der Waals surface area contributed by atoms with Gasteiger partial charge in [0.25, 0.3) is 0 Å². The van der Waals surface area contributed by atoms with E-state index in [2.05, 4.69) is 29.8 Å². The van der Waals surface area contributed by atoms with Crippen molar-refractivity contribution in [1.82, 2.24) is 20.3 Å². The maximum absolute atomic E-state index is 14.5. The van der Waals surface area contributed by atoms with Crippen molar-refractivity contribution in [3.63, 3.8) is 0 Å². The number of halogens is 1. The van der Waals surface area contributed by atoms with Gasteiger partial charge in [-0.1, -0.05) is 30.2 Å². The van der Waals surface area contributed by atoms with Crippen molar-refractivity contribution in [1.29, 1.82) is 0 Å². The van der Waals surface area contributed by atoms with Gasteiger partial charge in [0.1, 0.15) is 0 Å². The average Bonchev–Trinajstić information content (AvgIpc) is 3.43. The normalized spacial score (nSPS) is 31.3. The summed E-state index contributed by atoms with van der Waals surface area (Å²) in [5, 5.41) is 11.3. The highest BCUT2D eigenvalue weighted by Crippen LogP contribution is 2.41. The average molecular weight is 695 g/mol. The van der Waals surface area contributed by atoms with E-state index in [1.165, 1.54) is 7.11 Å². The molecule has 1 aromatic carbocycles. The molecule has 3 aliphatic heterocycles. The minimum absolute atomic E-state index is 0.0264. The van der Waals surface area contributed by atoms with Gasteiger partial charge in [-0.3, -0.25) is 9.59 Å². The molecule has 3 saturated heterocycles. The summed E-state index contributed by atoms with van der Waals surface area (Å²) in [5.41, 5.74) is 0.757. The number of amides is 1. The van der Waals surface area contributed by atoms with Gasteiger partial charge in [0, 0.05) is 55.2 Å². The Labute approximate surface area is 286 Å². The molecule has 1 aromatic rings. The van der Waals surface area contributed by atoms with Crippen LogP contribution in [0.3, 0.4) is 0 Å². The van der Waals surface area contributed by atoms with Gasteiger partial charge in [-0.05, 0) is 108 Å². The van der Waals surface area contributed by atoms with E-state index >= 15 is 0 Å². The Morgan fingerprint density at radius 1 is 1.13 bits per heavy atom. The number of nitrogens with one attached hydrogen (secondary N) is 3. The first-order valence-corrected chi connectivity index (χ1v) is 19.7. The number of benzene rings is 1. The lowest BCUT2D eigenvalue weighted by atomic mass is 9.73. The van der Waals surface area contributed by atoms with Crippen molar-refractivity contribution in [2.75, 3.05) is 39.1 Å². The van der Waals surface area contributed by atoms with E-state index in [4.69, 9.17) is 21.1 Å². The molecular weight excluding hydrogens is 640 g/mol. The van der Waals surface area contributed by atoms with Gasteiger partial charge in [0.15, 0.2) is 0 Å². The zero-order chi connectivity index (χ0) is 33.6. The molecule has 12 heteroatoms. The summed E-state index contributed by atoms with van der Waals surface area (Å²) < 4.78 is 38.8. The van der Waals surface area contributed by atoms with E-state index in [1.807, 2.05) is 24.3 Å². The molecule has 3 N–H and O–H groups in total. The van der Waals surface area contributed by atoms with Gasteiger partial charge < -0.3 is 25.4 Å². The largest absolute Gasteiger partial charge is 0.469 e. The first-order chi connectivity index (χ1) is 22.5. The Hall–Kier alpha value is -1.76. The molecule has 4 fully saturated rings. The number of hydrogen-bond acceptors (Lipinski definition) is 8. The highest BCUT2D eigenvalue weighted by Gasteiger charge is 2.42. The predicted molar refractivity (Wildman–Crippen MR) is 184 cm³/mol. The molecule has 5 rings (SSSR count). The third kappa shape index (κ3) is 9.69. The summed E-state index contributed by atoms with van der Waals surface area (Å²) in [5.74, 6) is 0.309. The van der Waals surface area contributed by atoms with E-state index in [9.17, 15) is 18.0 Å². The number of esters is 1. The van der Waals surface area contributed by atoms with Crippen LogP contribution >= 0.6 is 11.6 Å². The number of sulfonamides is 1. The number of carbonyl (C=O) groups excluding carboxylic acids is 2. The van der Waals surface area contributed by atoms with Crippen LogP contribution < -0.4 is 16.0 Å². The number of rotatable bonds is 13. The quantitative estimate of drug-likeness (QED) is 0.205. The first kappa shape index (κ1) is 36.5. The fourth-order valence-electron chi connectivity index (χ4n) is 8.48. The van der Waals surface area contributed by atoms with Gasteiger partial charge in [0.05, 0.1) is 24.5 Å². The topological polar surface area (TPSA) is 126 Å². The van der Waals surface area contributed by atoms with Crippen LogP contribution in [0.4, 0.5) is 0 Å². The van der Waals surface area contributed by atoms with Crippen molar-refractivity contribution in [2.24, 2.45) is 11.8 Å². The maximum Gasteiger partial charge on any atom is 0.305 e. The summed E-state index contributed by atoms with van der Waals surface area (Å²) in [6, 6.07) is 7.56.